The van der Waals surface area contributed by atoms with Crippen LogP contribution in [0.25, 0.3) is 0 Å². The number of benzene rings is 1. The van der Waals surface area contributed by atoms with Crippen molar-refractivity contribution < 1.29 is 16.8 Å². The highest BCUT2D eigenvalue weighted by Crippen LogP contribution is 2.24. The maximum absolute atomic E-state index is 12.3. The molecule has 0 aliphatic rings. The average molecular weight is 330 g/mol. The molecule has 0 amide bonds. The summed E-state index contributed by atoms with van der Waals surface area (Å²) in [6.07, 6.45) is 3.78. The van der Waals surface area contributed by atoms with E-state index in [-0.39, 0.29) is 21.2 Å². The van der Waals surface area contributed by atoms with Crippen molar-refractivity contribution in [2.45, 2.75) is 9.79 Å². The second kappa shape index (κ2) is 5.04. The summed E-state index contributed by atoms with van der Waals surface area (Å²) in [7, 11) is -5.91. The van der Waals surface area contributed by atoms with Crippen LogP contribution in [0.5, 0.6) is 0 Å². The maximum atomic E-state index is 12.3. The van der Waals surface area contributed by atoms with Gasteiger partial charge in [0, 0.05) is 19.5 Å². The van der Waals surface area contributed by atoms with Gasteiger partial charge in [-0.15, -0.1) is 0 Å². The van der Waals surface area contributed by atoms with Gasteiger partial charge in [0.1, 0.15) is 4.90 Å². The van der Waals surface area contributed by atoms with E-state index in [4.69, 9.17) is 5.73 Å². The van der Waals surface area contributed by atoms with Crippen molar-refractivity contribution in [2.24, 2.45) is 7.05 Å². The first-order valence-corrected chi connectivity index (χ1v) is 9.08. The van der Waals surface area contributed by atoms with Gasteiger partial charge in [0.25, 0.3) is 10.0 Å². The molecule has 8 nitrogen and oxygen atoms in total. The van der Waals surface area contributed by atoms with Crippen molar-refractivity contribution in [3.05, 3.63) is 30.6 Å². The molecule has 0 saturated carbocycles. The molecule has 0 bridgehead atoms. The molecule has 1 aromatic carbocycles. The number of sulfone groups is 1. The fraction of sp³-hybridized carbons (Fsp3) is 0.182. The van der Waals surface area contributed by atoms with Gasteiger partial charge in [0.15, 0.2) is 9.84 Å². The van der Waals surface area contributed by atoms with Crippen LogP contribution in [0.4, 0.5) is 11.4 Å². The lowest BCUT2D eigenvalue weighted by atomic mass is 10.3. The third kappa shape index (κ3) is 3.34. The first-order chi connectivity index (χ1) is 9.59. The lowest BCUT2D eigenvalue weighted by Crippen LogP contribution is -2.15. The molecule has 0 spiro atoms. The second-order valence-electron chi connectivity index (χ2n) is 4.48. The number of sulfonamides is 1. The molecule has 0 atom stereocenters. The Balaban J connectivity index is 2.49. The fourth-order valence-electron chi connectivity index (χ4n) is 1.66. The Morgan fingerprint density at radius 1 is 1.24 bits per heavy atom. The molecule has 1 aromatic heterocycles. The molecule has 0 fully saturated rings. The third-order valence-electron chi connectivity index (χ3n) is 2.66. The molecule has 2 rings (SSSR count). The number of aryl methyl sites for hydroxylation is 1. The summed E-state index contributed by atoms with van der Waals surface area (Å²) in [4.78, 5) is -0.419. The molecular formula is C11H14N4O4S2. The van der Waals surface area contributed by atoms with E-state index >= 15 is 0 Å². The summed E-state index contributed by atoms with van der Waals surface area (Å²) < 4.78 is 51.3. The molecule has 114 valence electrons. The minimum absolute atomic E-state index is 0.0428. The Labute approximate surface area is 122 Å². The van der Waals surface area contributed by atoms with E-state index in [0.29, 0.717) is 0 Å². The number of aromatic nitrogens is 2. The maximum Gasteiger partial charge on any atom is 0.264 e. The summed E-state index contributed by atoms with van der Waals surface area (Å²) in [6, 6.07) is 3.53. The third-order valence-corrected chi connectivity index (χ3v) is 5.21. The zero-order valence-electron chi connectivity index (χ0n) is 11.3. The van der Waals surface area contributed by atoms with Gasteiger partial charge in [-0.2, -0.15) is 5.10 Å². The van der Waals surface area contributed by atoms with Gasteiger partial charge >= 0.3 is 0 Å². The molecule has 0 saturated heterocycles. The molecule has 0 aliphatic heterocycles. The van der Waals surface area contributed by atoms with Crippen molar-refractivity contribution in [3.63, 3.8) is 0 Å². The van der Waals surface area contributed by atoms with Crippen LogP contribution in [0, 0.1) is 0 Å². The Morgan fingerprint density at radius 2 is 1.90 bits per heavy atom. The van der Waals surface area contributed by atoms with E-state index in [9.17, 15) is 16.8 Å². The number of anilines is 2. The number of nitrogens with one attached hydrogen (secondary N) is 1. The van der Waals surface area contributed by atoms with E-state index in [1.54, 1.807) is 7.05 Å². The standard InChI is InChI=1S/C11H14N4O4S2/c1-15-7-8(6-13-15)14-21(18,19)11-5-9(20(2,16)17)3-4-10(11)12/h3-7,14H,12H2,1-2H3. The molecule has 2 aromatic rings. The second-order valence-corrected chi connectivity index (χ2v) is 8.15. The normalized spacial score (nSPS) is 12.3. The monoisotopic (exact) mass is 330 g/mol. The van der Waals surface area contributed by atoms with Crippen molar-refractivity contribution in [1.82, 2.24) is 9.78 Å². The zero-order chi connectivity index (χ0) is 15.8. The van der Waals surface area contributed by atoms with Crippen molar-refractivity contribution in [2.75, 3.05) is 16.7 Å². The summed E-state index contributed by atoms with van der Waals surface area (Å²) in [5.74, 6) is 0. The average Bonchev–Trinajstić information content (AvgIpc) is 2.72. The van der Waals surface area contributed by atoms with E-state index < -0.39 is 19.9 Å². The van der Waals surface area contributed by atoms with Gasteiger partial charge in [-0.1, -0.05) is 0 Å². The van der Waals surface area contributed by atoms with Gasteiger partial charge < -0.3 is 5.73 Å². The summed E-state index contributed by atoms with van der Waals surface area (Å²) in [5, 5.41) is 3.84. The van der Waals surface area contributed by atoms with E-state index in [1.807, 2.05) is 0 Å². The molecule has 0 radical (unpaired) electrons. The van der Waals surface area contributed by atoms with Crippen LogP contribution < -0.4 is 10.5 Å². The number of hydrogen-bond donors (Lipinski definition) is 2. The first kappa shape index (κ1) is 15.3. The Morgan fingerprint density at radius 3 is 2.43 bits per heavy atom. The highest BCUT2D eigenvalue weighted by molar-refractivity contribution is 7.93. The summed E-state index contributed by atoms with van der Waals surface area (Å²) in [5.41, 5.74) is 5.85. The number of rotatable bonds is 4. The van der Waals surface area contributed by atoms with Crippen molar-refractivity contribution >= 4 is 31.2 Å². The molecular weight excluding hydrogens is 316 g/mol. The number of nitrogens with two attached hydrogens (primary N) is 1. The Kier molecular flexibility index (Phi) is 3.68. The van der Waals surface area contributed by atoms with Crippen molar-refractivity contribution in [3.8, 4) is 0 Å². The smallest absolute Gasteiger partial charge is 0.264 e. The van der Waals surface area contributed by atoms with Gasteiger partial charge in [-0.3, -0.25) is 9.40 Å². The van der Waals surface area contributed by atoms with Crippen LogP contribution in [0.2, 0.25) is 0 Å². The molecule has 3 N–H and O–H groups in total. The largest absolute Gasteiger partial charge is 0.398 e. The van der Waals surface area contributed by atoms with Crippen molar-refractivity contribution in [1.29, 1.82) is 0 Å². The molecule has 1 heterocycles. The van der Waals surface area contributed by atoms with Gasteiger partial charge in [0.05, 0.1) is 22.5 Å². The van der Waals surface area contributed by atoms with E-state index in [0.717, 1.165) is 12.3 Å². The molecule has 0 unspecified atom stereocenters. The van der Waals surface area contributed by atoms with Crippen LogP contribution in [0.15, 0.2) is 40.4 Å². The predicted octanol–water partition coefficient (Wildman–Crippen LogP) is 0.207. The van der Waals surface area contributed by atoms with Gasteiger partial charge in [-0.25, -0.2) is 16.8 Å². The summed E-state index contributed by atoms with van der Waals surface area (Å²) in [6.45, 7) is 0. The number of hydrogen-bond acceptors (Lipinski definition) is 6. The fourth-order valence-corrected chi connectivity index (χ4v) is 3.57. The van der Waals surface area contributed by atoms with Crippen LogP contribution in [0.1, 0.15) is 0 Å². The van der Waals surface area contributed by atoms with Crippen LogP contribution in [-0.2, 0) is 26.9 Å². The first-order valence-electron chi connectivity index (χ1n) is 5.70. The van der Waals surface area contributed by atoms with Crippen LogP contribution in [0.3, 0.4) is 0 Å². The zero-order valence-corrected chi connectivity index (χ0v) is 12.9. The lowest BCUT2D eigenvalue weighted by molar-refractivity contribution is 0.600. The highest BCUT2D eigenvalue weighted by Gasteiger charge is 2.21. The Hall–Kier alpha value is -2.07. The van der Waals surface area contributed by atoms with E-state index in [2.05, 4.69) is 9.82 Å². The molecule has 10 heteroatoms. The van der Waals surface area contributed by atoms with Gasteiger partial charge in [0.2, 0.25) is 0 Å². The molecule has 21 heavy (non-hydrogen) atoms. The quantitative estimate of drug-likeness (QED) is 0.772. The summed E-state index contributed by atoms with van der Waals surface area (Å²) >= 11 is 0. The lowest BCUT2D eigenvalue weighted by Gasteiger charge is -2.10. The predicted molar refractivity (Wildman–Crippen MR) is 78.0 cm³/mol. The number of nitrogen functional groups attached to an aromatic ring is 1. The minimum Gasteiger partial charge on any atom is -0.398 e. The minimum atomic E-state index is -4.01. The molecule has 0 aliphatic carbocycles. The van der Waals surface area contributed by atoms with Crippen LogP contribution >= 0.6 is 0 Å². The topological polar surface area (TPSA) is 124 Å². The SMILES string of the molecule is Cn1cc(NS(=O)(=O)c2cc(S(C)(=O)=O)ccc2N)cn1. The number of nitrogens with zero attached hydrogens (tertiary/aromatic N) is 2. The van der Waals surface area contributed by atoms with Crippen LogP contribution in [-0.4, -0.2) is 32.9 Å². The highest BCUT2D eigenvalue weighted by atomic mass is 32.2. The van der Waals surface area contributed by atoms with E-state index in [1.165, 1.54) is 29.2 Å². The van der Waals surface area contributed by atoms with Gasteiger partial charge in [-0.05, 0) is 18.2 Å². The Bertz CT molecular complexity index is 885.